The molecule has 0 atom stereocenters. The van der Waals surface area contributed by atoms with E-state index in [1.54, 1.807) is 18.4 Å². The SMILES string of the molecule is CSc1cc(Br)cc(Br)c1[N+](=O)[O-]. The first-order valence-electron chi connectivity index (χ1n) is 3.23. The van der Waals surface area contributed by atoms with Gasteiger partial charge in [-0.3, -0.25) is 10.1 Å². The van der Waals surface area contributed by atoms with Crippen LogP contribution in [0.25, 0.3) is 0 Å². The molecule has 3 nitrogen and oxygen atoms in total. The van der Waals surface area contributed by atoms with Gasteiger partial charge in [0.1, 0.15) is 0 Å². The summed E-state index contributed by atoms with van der Waals surface area (Å²) >= 11 is 7.78. The highest BCUT2D eigenvalue weighted by Gasteiger charge is 2.18. The van der Waals surface area contributed by atoms with Crippen molar-refractivity contribution in [3.63, 3.8) is 0 Å². The van der Waals surface area contributed by atoms with Crippen molar-refractivity contribution in [2.75, 3.05) is 6.26 Å². The van der Waals surface area contributed by atoms with Gasteiger partial charge in [-0.2, -0.15) is 0 Å². The van der Waals surface area contributed by atoms with Crippen LogP contribution in [0.1, 0.15) is 0 Å². The van der Waals surface area contributed by atoms with E-state index in [1.807, 2.05) is 0 Å². The van der Waals surface area contributed by atoms with Crippen LogP contribution in [0.5, 0.6) is 0 Å². The molecule has 0 aromatic heterocycles. The summed E-state index contributed by atoms with van der Waals surface area (Å²) in [4.78, 5) is 10.9. The molecule has 70 valence electrons. The lowest BCUT2D eigenvalue weighted by Gasteiger charge is -2.02. The van der Waals surface area contributed by atoms with Gasteiger partial charge in [0.15, 0.2) is 0 Å². The van der Waals surface area contributed by atoms with Crippen LogP contribution in [0.2, 0.25) is 0 Å². The van der Waals surface area contributed by atoms with E-state index in [2.05, 4.69) is 31.9 Å². The molecule has 0 saturated carbocycles. The average Bonchev–Trinajstić information content (AvgIpc) is 2.01. The molecule has 1 aromatic rings. The molecule has 0 fully saturated rings. The zero-order chi connectivity index (χ0) is 10.0. The van der Waals surface area contributed by atoms with Crippen molar-refractivity contribution in [2.45, 2.75) is 4.90 Å². The third kappa shape index (κ3) is 2.45. The van der Waals surface area contributed by atoms with Gasteiger partial charge in [-0.25, -0.2) is 0 Å². The zero-order valence-corrected chi connectivity index (χ0v) is 10.6. The Morgan fingerprint density at radius 1 is 1.46 bits per heavy atom. The minimum absolute atomic E-state index is 0.121. The van der Waals surface area contributed by atoms with Crippen molar-refractivity contribution in [3.05, 3.63) is 31.2 Å². The van der Waals surface area contributed by atoms with Gasteiger partial charge in [0, 0.05) is 4.47 Å². The Bertz CT molecular complexity index is 357. The third-order valence-corrected chi connectivity index (χ3v) is 3.21. The van der Waals surface area contributed by atoms with E-state index in [9.17, 15) is 10.1 Å². The van der Waals surface area contributed by atoms with Crippen molar-refractivity contribution in [1.82, 2.24) is 0 Å². The number of hydrogen-bond donors (Lipinski definition) is 0. The molecule has 1 aromatic carbocycles. The Hall–Kier alpha value is -0.0700. The van der Waals surface area contributed by atoms with Gasteiger partial charge in [0.25, 0.3) is 5.69 Å². The Labute approximate surface area is 96.3 Å². The number of nitrogens with zero attached hydrogens (tertiary/aromatic N) is 1. The van der Waals surface area contributed by atoms with Crippen LogP contribution in [0, 0.1) is 10.1 Å². The van der Waals surface area contributed by atoms with E-state index in [0.29, 0.717) is 9.37 Å². The summed E-state index contributed by atoms with van der Waals surface area (Å²) in [5.41, 5.74) is 0.121. The quantitative estimate of drug-likeness (QED) is 0.471. The molecule has 6 heteroatoms. The summed E-state index contributed by atoms with van der Waals surface area (Å²) in [6.07, 6.45) is 1.81. The van der Waals surface area contributed by atoms with E-state index >= 15 is 0 Å². The molecule has 0 aliphatic rings. The Morgan fingerprint density at radius 3 is 2.54 bits per heavy atom. The maximum atomic E-state index is 10.7. The first-order chi connectivity index (χ1) is 6.06. The molecule has 13 heavy (non-hydrogen) atoms. The van der Waals surface area contributed by atoms with E-state index in [-0.39, 0.29) is 10.6 Å². The van der Waals surface area contributed by atoms with Crippen molar-refractivity contribution < 1.29 is 4.92 Å². The molecule has 0 unspecified atom stereocenters. The van der Waals surface area contributed by atoms with Crippen LogP contribution in [-0.4, -0.2) is 11.2 Å². The highest BCUT2D eigenvalue weighted by atomic mass is 79.9. The van der Waals surface area contributed by atoms with E-state index < -0.39 is 0 Å². The minimum atomic E-state index is -0.387. The lowest BCUT2D eigenvalue weighted by atomic mass is 10.3. The molecule has 0 aliphatic carbocycles. The number of nitro benzene ring substituents is 1. The van der Waals surface area contributed by atoms with E-state index in [1.165, 1.54) is 11.8 Å². The van der Waals surface area contributed by atoms with Gasteiger partial charge in [-0.15, -0.1) is 11.8 Å². The van der Waals surface area contributed by atoms with Crippen molar-refractivity contribution >= 4 is 49.3 Å². The molecule has 0 N–H and O–H groups in total. The number of nitro groups is 1. The van der Waals surface area contributed by atoms with Gasteiger partial charge in [0.2, 0.25) is 0 Å². The monoisotopic (exact) mass is 325 g/mol. The van der Waals surface area contributed by atoms with Crippen LogP contribution < -0.4 is 0 Å². The maximum absolute atomic E-state index is 10.7. The summed E-state index contributed by atoms with van der Waals surface area (Å²) in [5.74, 6) is 0. The van der Waals surface area contributed by atoms with Crippen LogP contribution in [0.4, 0.5) is 5.69 Å². The fourth-order valence-corrected chi connectivity index (χ4v) is 3.15. The molecular formula is C7H5Br2NO2S. The predicted molar refractivity (Wildman–Crippen MR) is 60.3 cm³/mol. The van der Waals surface area contributed by atoms with Crippen molar-refractivity contribution in [1.29, 1.82) is 0 Å². The van der Waals surface area contributed by atoms with Gasteiger partial charge >= 0.3 is 0 Å². The summed E-state index contributed by atoms with van der Waals surface area (Å²) < 4.78 is 1.32. The van der Waals surface area contributed by atoms with Crippen LogP contribution >= 0.6 is 43.6 Å². The van der Waals surface area contributed by atoms with E-state index in [4.69, 9.17) is 0 Å². The molecule has 0 amide bonds. The third-order valence-electron chi connectivity index (χ3n) is 1.40. The number of rotatable bonds is 2. The molecule has 0 radical (unpaired) electrons. The maximum Gasteiger partial charge on any atom is 0.297 e. The smallest absolute Gasteiger partial charge is 0.258 e. The Balaban J connectivity index is 3.38. The summed E-state index contributed by atoms with van der Waals surface area (Å²) in [5, 5.41) is 10.7. The summed E-state index contributed by atoms with van der Waals surface area (Å²) in [6.45, 7) is 0. The number of hydrogen-bond acceptors (Lipinski definition) is 3. The van der Waals surface area contributed by atoms with Crippen LogP contribution in [0.3, 0.4) is 0 Å². The van der Waals surface area contributed by atoms with Crippen molar-refractivity contribution in [2.24, 2.45) is 0 Å². The predicted octanol–water partition coefficient (Wildman–Crippen LogP) is 3.84. The fourth-order valence-electron chi connectivity index (χ4n) is 0.875. The normalized spacial score (nSPS) is 10.1. The first kappa shape index (κ1) is 11.0. The van der Waals surface area contributed by atoms with Gasteiger partial charge in [-0.1, -0.05) is 15.9 Å². The van der Waals surface area contributed by atoms with E-state index in [0.717, 1.165) is 4.47 Å². The largest absolute Gasteiger partial charge is 0.297 e. The van der Waals surface area contributed by atoms with Crippen LogP contribution in [-0.2, 0) is 0 Å². The summed E-state index contributed by atoms with van der Waals surface area (Å²) in [6, 6.07) is 3.39. The first-order valence-corrected chi connectivity index (χ1v) is 6.04. The average molecular weight is 327 g/mol. The zero-order valence-electron chi connectivity index (χ0n) is 6.58. The number of benzene rings is 1. The molecule has 0 aliphatic heterocycles. The molecule has 0 spiro atoms. The molecule has 0 saturated heterocycles. The molecule has 0 heterocycles. The lowest BCUT2D eigenvalue weighted by Crippen LogP contribution is -1.92. The minimum Gasteiger partial charge on any atom is -0.258 e. The number of halogens is 2. The van der Waals surface area contributed by atoms with Crippen LogP contribution in [0.15, 0.2) is 26.0 Å². The Kier molecular flexibility index (Phi) is 3.75. The Morgan fingerprint density at radius 2 is 2.08 bits per heavy atom. The lowest BCUT2D eigenvalue weighted by molar-refractivity contribution is -0.388. The highest BCUT2D eigenvalue weighted by molar-refractivity contribution is 9.11. The van der Waals surface area contributed by atoms with Gasteiger partial charge in [-0.05, 0) is 34.3 Å². The van der Waals surface area contributed by atoms with Gasteiger partial charge < -0.3 is 0 Å². The number of thioether (sulfide) groups is 1. The summed E-state index contributed by atoms with van der Waals surface area (Å²) in [7, 11) is 0. The highest BCUT2D eigenvalue weighted by Crippen LogP contribution is 2.37. The van der Waals surface area contributed by atoms with Gasteiger partial charge in [0.05, 0.1) is 14.3 Å². The second kappa shape index (κ2) is 4.43. The second-order valence-corrected chi connectivity index (χ2v) is 4.81. The fraction of sp³-hybridized carbons (Fsp3) is 0.143. The topological polar surface area (TPSA) is 43.1 Å². The van der Waals surface area contributed by atoms with Crippen molar-refractivity contribution in [3.8, 4) is 0 Å². The molecule has 1 rings (SSSR count). The molecule has 0 bridgehead atoms. The molecular weight excluding hydrogens is 322 g/mol. The standard InChI is InChI=1S/C7H5Br2NO2S/c1-13-6-3-4(8)2-5(9)7(6)10(11)12/h2-3H,1H3. The second-order valence-electron chi connectivity index (χ2n) is 2.20.